The number of halogens is 4. The van der Waals surface area contributed by atoms with Crippen molar-refractivity contribution in [3.8, 4) is 0 Å². The average molecular weight is 258 g/mol. The summed E-state index contributed by atoms with van der Waals surface area (Å²) in [6.07, 6.45) is -0.352. The van der Waals surface area contributed by atoms with Gasteiger partial charge in [0, 0.05) is 5.88 Å². The van der Waals surface area contributed by atoms with Gasteiger partial charge in [-0.1, -0.05) is 6.42 Å². The highest BCUT2D eigenvalue weighted by molar-refractivity contribution is 6.17. The zero-order valence-corrected chi connectivity index (χ0v) is 10.2. The molecule has 1 aliphatic heterocycles. The van der Waals surface area contributed by atoms with Crippen molar-refractivity contribution in [2.75, 3.05) is 25.5 Å². The van der Waals surface area contributed by atoms with E-state index in [-0.39, 0.29) is 12.8 Å². The highest BCUT2D eigenvalue weighted by atomic mass is 35.5. The van der Waals surface area contributed by atoms with E-state index in [0.29, 0.717) is 19.0 Å². The number of likely N-dealkylation sites (tertiary alicyclic amines) is 1. The minimum absolute atomic E-state index is 0.263. The summed E-state index contributed by atoms with van der Waals surface area (Å²) < 4.78 is 37.2. The van der Waals surface area contributed by atoms with E-state index in [9.17, 15) is 13.2 Å². The van der Waals surface area contributed by atoms with Gasteiger partial charge in [-0.3, -0.25) is 0 Å². The van der Waals surface area contributed by atoms with E-state index in [1.165, 1.54) is 0 Å². The molecule has 1 saturated heterocycles. The SMILES string of the molecule is FC(F)(F)C1CCN(CCCCCCl)CC1. The Morgan fingerprint density at radius 3 is 2.19 bits per heavy atom. The Kier molecular flexibility index (Phi) is 5.90. The lowest BCUT2D eigenvalue weighted by Crippen LogP contribution is -2.39. The van der Waals surface area contributed by atoms with E-state index in [0.717, 1.165) is 25.8 Å². The van der Waals surface area contributed by atoms with E-state index in [2.05, 4.69) is 4.90 Å². The molecule has 0 saturated carbocycles. The number of unbranched alkanes of at least 4 members (excludes halogenated alkanes) is 2. The van der Waals surface area contributed by atoms with Crippen LogP contribution in [0.5, 0.6) is 0 Å². The number of alkyl halides is 4. The van der Waals surface area contributed by atoms with Gasteiger partial charge in [-0.2, -0.15) is 13.2 Å². The maximum absolute atomic E-state index is 12.4. The first-order chi connectivity index (χ1) is 7.54. The van der Waals surface area contributed by atoms with E-state index in [1.54, 1.807) is 0 Å². The van der Waals surface area contributed by atoms with E-state index < -0.39 is 12.1 Å². The Morgan fingerprint density at radius 1 is 1.06 bits per heavy atom. The van der Waals surface area contributed by atoms with Crippen molar-refractivity contribution < 1.29 is 13.2 Å². The molecular weight excluding hydrogens is 239 g/mol. The monoisotopic (exact) mass is 257 g/mol. The normalized spacial score (nSPS) is 20.2. The van der Waals surface area contributed by atoms with Crippen LogP contribution in [0.1, 0.15) is 32.1 Å². The third-order valence-corrected chi connectivity index (χ3v) is 3.43. The topological polar surface area (TPSA) is 3.24 Å². The van der Waals surface area contributed by atoms with Crippen molar-refractivity contribution in [1.29, 1.82) is 0 Å². The Bertz CT molecular complexity index is 188. The van der Waals surface area contributed by atoms with Gasteiger partial charge in [0.05, 0.1) is 5.92 Å². The van der Waals surface area contributed by atoms with Gasteiger partial charge >= 0.3 is 6.18 Å². The lowest BCUT2D eigenvalue weighted by Gasteiger charge is -2.32. The van der Waals surface area contributed by atoms with Gasteiger partial charge < -0.3 is 4.90 Å². The van der Waals surface area contributed by atoms with Gasteiger partial charge in [0.15, 0.2) is 0 Å². The van der Waals surface area contributed by atoms with Gasteiger partial charge in [-0.05, 0) is 45.3 Å². The second kappa shape index (κ2) is 6.70. The molecule has 1 aliphatic rings. The number of nitrogens with zero attached hydrogens (tertiary/aromatic N) is 1. The summed E-state index contributed by atoms with van der Waals surface area (Å²) in [5.74, 6) is -0.400. The molecule has 0 radical (unpaired) electrons. The molecule has 1 nitrogen and oxygen atoms in total. The van der Waals surface area contributed by atoms with Crippen molar-refractivity contribution in [1.82, 2.24) is 4.90 Å². The Labute approximate surface area is 99.9 Å². The molecule has 1 fully saturated rings. The van der Waals surface area contributed by atoms with Crippen molar-refractivity contribution in [3.05, 3.63) is 0 Å². The van der Waals surface area contributed by atoms with Crippen LogP contribution < -0.4 is 0 Å². The van der Waals surface area contributed by atoms with Crippen molar-refractivity contribution in [2.24, 2.45) is 5.92 Å². The largest absolute Gasteiger partial charge is 0.391 e. The van der Waals surface area contributed by atoms with Gasteiger partial charge in [0.2, 0.25) is 0 Å². The predicted molar refractivity (Wildman–Crippen MR) is 59.8 cm³/mol. The zero-order chi connectivity index (χ0) is 12.0. The number of hydrogen-bond acceptors (Lipinski definition) is 1. The highest BCUT2D eigenvalue weighted by Crippen LogP contribution is 2.34. The molecule has 0 unspecified atom stereocenters. The lowest BCUT2D eigenvalue weighted by molar-refractivity contribution is -0.185. The van der Waals surface area contributed by atoms with Crippen LogP contribution in [-0.2, 0) is 0 Å². The van der Waals surface area contributed by atoms with Crippen LogP contribution in [0, 0.1) is 5.92 Å². The number of piperidine rings is 1. The Hall–Kier alpha value is 0.0400. The molecular formula is C11H19ClF3N. The summed E-state index contributed by atoms with van der Waals surface area (Å²) in [5.41, 5.74) is 0. The summed E-state index contributed by atoms with van der Waals surface area (Å²) in [7, 11) is 0. The smallest absolute Gasteiger partial charge is 0.303 e. The summed E-state index contributed by atoms with van der Waals surface area (Å²) in [6, 6.07) is 0. The van der Waals surface area contributed by atoms with E-state index in [1.807, 2.05) is 0 Å². The molecule has 1 rings (SSSR count). The molecule has 0 spiro atoms. The summed E-state index contributed by atoms with van der Waals surface area (Å²) in [6.45, 7) is 2.09. The summed E-state index contributed by atoms with van der Waals surface area (Å²) in [5, 5.41) is 0. The standard InChI is InChI=1S/C11H19ClF3N/c12-6-2-1-3-7-16-8-4-10(5-9-16)11(13,14)15/h10H,1-9H2. The van der Waals surface area contributed by atoms with Crippen LogP contribution in [-0.4, -0.2) is 36.6 Å². The van der Waals surface area contributed by atoms with Crippen molar-refractivity contribution in [3.63, 3.8) is 0 Å². The maximum Gasteiger partial charge on any atom is 0.391 e. The van der Waals surface area contributed by atoms with Crippen LogP contribution in [0.25, 0.3) is 0 Å². The van der Waals surface area contributed by atoms with Crippen molar-refractivity contribution in [2.45, 2.75) is 38.3 Å². The molecule has 16 heavy (non-hydrogen) atoms. The molecule has 0 aromatic heterocycles. The van der Waals surface area contributed by atoms with Crippen LogP contribution >= 0.6 is 11.6 Å². The Balaban J connectivity index is 2.12. The van der Waals surface area contributed by atoms with Gasteiger partial charge in [-0.15, -0.1) is 11.6 Å². The first kappa shape index (κ1) is 14.1. The lowest BCUT2D eigenvalue weighted by atomic mass is 9.96. The number of hydrogen-bond donors (Lipinski definition) is 0. The van der Waals surface area contributed by atoms with Gasteiger partial charge in [-0.25, -0.2) is 0 Å². The van der Waals surface area contributed by atoms with Crippen LogP contribution in [0.3, 0.4) is 0 Å². The molecule has 0 aliphatic carbocycles. The molecule has 5 heteroatoms. The molecule has 96 valence electrons. The fourth-order valence-electron chi connectivity index (χ4n) is 2.09. The zero-order valence-electron chi connectivity index (χ0n) is 9.40. The minimum Gasteiger partial charge on any atom is -0.303 e. The number of rotatable bonds is 5. The van der Waals surface area contributed by atoms with Crippen molar-refractivity contribution >= 4 is 11.6 Å². The summed E-state index contributed by atoms with van der Waals surface area (Å²) in [4.78, 5) is 2.14. The summed E-state index contributed by atoms with van der Waals surface area (Å²) >= 11 is 5.55. The quantitative estimate of drug-likeness (QED) is 0.537. The molecule has 0 N–H and O–H groups in total. The predicted octanol–water partition coefficient (Wildman–Crippen LogP) is 3.67. The second-order valence-corrected chi connectivity index (χ2v) is 4.79. The second-order valence-electron chi connectivity index (χ2n) is 4.41. The van der Waals surface area contributed by atoms with Crippen LogP contribution in [0.2, 0.25) is 0 Å². The Morgan fingerprint density at radius 2 is 1.69 bits per heavy atom. The minimum atomic E-state index is -4.00. The molecule has 0 aromatic carbocycles. The molecule has 0 bridgehead atoms. The van der Waals surface area contributed by atoms with E-state index >= 15 is 0 Å². The van der Waals surface area contributed by atoms with Gasteiger partial charge in [0.1, 0.15) is 0 Å². The fraction of sp³-hybridized carbons (Fsp3) is 1.00. The molecule has 1 heterocycles. The molecule has 0 amide bonds. The first-order valence-corrected chi connectivity index (χ1v) is 6.42. The third-order valence-electron chi connectivity index (χ3n) is 3.16. The fourth-order valence-corrected chi connectivity index (χ4v) is 2.28. The molecule has 0 aromatic rings. The maximum atomic E-state index is 12.4. The van der Waals surface area contributed by atoms with Crippen LogP contribution in [0.4, 0.5) is 13.2 Å². The highest BCUT2D eigenvalue weighted by Gasteiger charge is 2.40. The molecule has 0 atom stereocenters. The van der Waals surface area contributed by atoms with E-state index in [4.69, 9.17) is 11.6 Å². The van der Waals surface area contributed by atoms with Crippen LogP contribution in [0.15, 0.2) is 0 Å². The van der Waals surface area contributed by atoms with Gasteiger partial charge in [0.25, 0.3) is 0 Å². The third kappa shape index (κ3) is 4.91. The average Bonchev–Trinajstić information content (AvgIpc) is 2.24. The first-order valence-electron chi connectivity index (χ1n) is 5.89.